The number of aromatic nitrogens is 2. The summed E-state index contributed by atoms with van der Waals surface area (Å²) in [5, 5.41) is 9.39. The Kier molecular flexibility index (Phi) is 9.82. The average Bonchev–Trinajstić information content (AvgIpc) is 2.73. The molecule has 0 unspecified atom stereocenters. The molecule has 0 saturated carbocycles. The molecule has 1 atom stereocenters. The van der Waals surface area contributed by atoms with E-state index in [9.17, 15) is 9.90 Å². The maximum Gasteiger partial charge on any atom is 0.373 e. The Hall–Kier alpha value is -2.23. The highest BCUT2D eigenvalue weighted by Crippen LogP contribution is 2.28. The lowest BCUT2D eigenvalue weighted by atomic mass is 9.91. The van der Waals surface area contributed by atoms with Crippen molar-refractivity contribution in [2.24, 2.45) is 5.92 Å². The van der Waals surface area contributed by atoms with Gasteiger partial charge in [-0.1, -0.05) is 90.0 Å². The molecular weight excluding hydrogens is 360 g/mol. The van der Waals surface area contributed by atoms with Gasteiger partial charge in [0, 0.05) is 11.8 Å². The number of aromatic carboxylic acids is 1. The van der Waals surface area contributed by atoms with Crippen LogP contribution in [0, 0.1) is 5.92 Å². The standard InChI is InChI=1S/C25H36N2O2/c1-4-6-7-8-9-10-11-15-21-18-26-24(25(28)29)27-23(21)22-16-13-12-14-20(22)17-19(3)5-2/h12-14,16,18-19H,4-11,15,17H2,1-3H3,(H,28,29)/t19-/m0/s1. The molecule has 1 aromatic heterocycles. The van der Waals surface area contributed by atoms with Gasteiger partial charge in [0.2, 0.25) is 5.82 Å². The van der Waals surface area contributed by atoms with E-state index in [0.717, 1.165) is 42.5 Å². The second-order valence-electron chi connectivity index (χ2n) is 8.12. The Balaban J connectivity index is 2.21. The van der Waals surface area contributed by atoms with Gasteiger partial charge in [0.05, 0.1) is 5.69 Å². The van der Waals surface area contributed by atoms with Gasteiger partial charge in [-0.15, -0.1) is 0 Å². The lowest BCUT2D eigenvalue weighted by molar-refractivity contribution is 0.0683. The summed E-state index contributed by atoms with van der Waals surface area (Å²) in [6.45, 7) is 6.69. The molecule has 1 aromatic carbocycles. The summed E-state index contributed by atoms with van der Waals surface area (Å²) in [6.07, 6.45) is 13.4. The molecule has 1 heterocycles. The molecule has 0 aliphatic heterocycles. The third kappa shape index (κ3) is 7.26. The Labute approximate surface area is 175 Å². The van der Waals surface area contributed by atoms with Crippen LogP contribution in [0.1, 0.15) is 93.9 Å². The third-order valence-electron chi connectivity index (χ3n) is 5.64. The van der Waals surface area contributed by atoms with Crippen LogP contribution in [0.3, 0.4) is 0 Å². The number of benzene rings is 1. The maximum absolute atomic E-state index is 11.5. The molecule has 0 radical (unpaired) electrons. The SMILES string of the molecule is CCCCCCCCCc1cnc(C(=O)O)nc1-c1ccccc1C[C@@H](C)CC. The summed E-state index contributed by atoms with van der Waals surface area (Å²) in [5.41, 5.74) is 4.13. The molecule has 4 heteroatoms. The first-order valence-electron chi connectivity index (χ1n) is 11.2. The third-order valence-corrected chi connectivity index (χ3v) is 5.64. The van der Waals surface area contributed by atoms with E-state index < -0.39 is 5.97 Å². The van der Waals surface area contributed by atoms with Crippen molar-refractivity contribution in [1.29, 1.82) is 0 Å². The summed E-state index contributed by atoms with van der Waals surface area (Å²) in [6, 6.07) is 8.27. The number of carboxylic acid groups (broad SMARTS) is 1. The number of carbonyl (C=O) groups is 1. The molecule has 0 saturated heterocycles. The minimum atomic E-state index is -1.08. The van der Waals surface area contributed by atoms with E-state index in [1.807, 2.05) is 6.07 Å². The maximum atomic E-state index is 11.5. The minimum Gasteiger partial charge on any atom is -0.475 e. The molecule has 29 heavy (non-hydrogen) atoms. The predicted octanol–water partition coefficient (Wildman–Crippen LogP) is 6.72. The number of rotatable bonds is 13. The number of hydrogen-bond acceptors (Lipinski definition) is 3. The molecule has 2 aromatic rings. The molecule has 1 N–H and O–H groups in total. The highest BCUT2D eigenvalue weighted by Gasteiger charge is 2.16. The van der Waals surface area contributed by atoms with Gasteiger partial charge >= 0.3 is 5.97 Å². The Morgan fingerprint density at radius 2 is 1.69 bits per heavy atom. The summed E-state index contributed by atoms with van der Waals surface area (Å²) < 4.78 is 0. The molecular formula is C25H36N2O2. The van der Waals surface area contributed by atoms with E-state index in [0.29, 0.717) is 5.92 Å². The van der Waals surface area contributed by atoms with Crippen molar-refractivity contribution >= 4 is 5.97 Å². The molecule has 158 valence electrons. The van der Waals surface area contributed by atoms with Crippen LogP contribution < -0.4 is 0 Å². The van der Waals surface area contributed by atoms with E-state index in [2.05, 4.69) is 48.9 Å². The fourth-order valence-corrected chi connectivity index (χ4v) is 3.65. The zero-order valence-corrected chi connectivity index (χ0v) is 18.3. The van der Waals surface area contributed by atoms with Crippen LogP contribution in [-0.4, -0.2) is 21.0 Å². The van der Waals surface area contributed by atoms with Crippen LogP contribution in [0.4, 0.5) is 0 Å². The average molecular weight is 397 g/mol. The zero-order valence-electron chi connectivity index (χ0n) is 18.3. The van der Waals surface area contributed by atoms with Gasteiger partial charge in [-0.2, -0.15) is 0 Å². The number of carboxylic acids is 1. The Morgan fingerprint density at radius 1 is 1.00 bits per heavy atom. The van der Waals surface area contributed by atoms with Crippen molar-refractivity contribution in [3.8, 4) is 11.3 Å². The number of hydrogen-bond donors (Lipinski definition) is 1. The molecule has 4 nitrogen and oxygen atoms in total. The highest BCUT2D eigenvalue weighted by molar-refractivity contribution is 5.84. The minimum absolute atomic E-state index is 0.123. The molecule has 2 rings (SSSR count). The number of unbranched alkanes of at least 4 members (excludes halogenated alkanes) is 6. The molecule has 0 spiro atoms. The van der Waals surface area contributed by atoms with Crippen molar-refractivity contribution in [2.45, 2.75) is 85.0 Å². The first-order valence-corrected chi connectivity index (χ1v) is 11.2. The van der Waals surface area contributed by atoms with Crippen molar-refractivity contribution in [3.05, 3.63) is 47.4 Å². The van der Waals surface area contributed by atoms with Gasteiger partial charge in [0.15, 0.2) is 0 Å². The van der Waals surface area contributed by atoms with Crippen LogP contribution >= 0.6 is 0 Å². The van der Waals surface area contributed by atoms with Gasteiger partial charge in [-0.05, 0) is 36.3 Å². The normalized spacial score (nSPS) is 12.1. The topological polar surface area (TPSA) is 63.1 Å². The highest BCUT2D eigenvalue weighted by atomic mass is 16.4. The Bertz CT molecular complexity index is 773. The molecule has 0 amide bonds. The van der Waals surface area contributed by atoms with E-state index in [4.69, 9.17) is 0 Å². The van der Waals surface area contributed by atoms with Crippen molar-refractivity contribution < 1.29 is 9.90 Å². The smallest absolute Gasteiger partial charge is 0.373 e. The number of nitrogens with zero attached hydrogens (tertiary/aromatic N) is 2. The molecule has 0 aliphatic rings. The van der Waals surface area contributed by atoms with Crippen LogP contribution in [0.25, 0.3) is 11.3 Å². The quantitative estimate of drug-likeness (QED) is 0.382. The zero-order chi connectivity index (χ0) is 21.1. The number of aryl methyl sites for hydroxylation is 1. The second-order valence-corrected chi connectivity index (χ2v) is 8.12. The Morgan fingerprint density at radius 3 is 2.38 bits per heavy atom. The summed E-state index contributed by atoms with van der Waals surface area (Å²) >= 11 is 0. The van der Waals surface area contributed by atoms with Crippen LogP contribution in [0.2, 0.25) is 0 Å². The van der Waals surface area contributed by atoms with Gasteiger partial charge in [-0.3, -0.25) is 0 Å². The largest absolute Gasteiger partial charge is 0.475 e. The predicted molar refractivity (Wildman–Crippen MR) is 119 cm³/mol. The lowest BCUT2D eigenvalue weighted by Gasteiger charge is -2.16. The van der Waals surface area contributed by atoms with Crippen LogP contribution in [0.5, 0.6) is 0 Å². The molecule has 0 bridgehead atoms. The first-order chi connectivity index (χ1) is 14.1. The second kappa shape index (κ2) is 12.4. The summed E-state index contributed by atoms with van der Waals surface area (Å²) in [4.78, 5) is 20.0. The fraction of sp³-hybridized carbons (Fsp3) is 0.560. The van der Waals surface area contributed by atoms with Gasteiger partial charge in [0.1, 0.15) is 0 Å². The van der Waals surface area contributed by atoms with E-state index in [1.54, 1.807) is 6.20 Å². The first kappa shape index (κ1) is 23.1. The van der Waals surface area contributed by atoms with Crippen LogP contribution in [0.15, 0.2) is 30.5 Å². The van der Waals surface area contributed by atoms with E-state index in [-0.39, 0.29) is 5.82 Å². The molecule has 0 fully saturated rings. The van der Waals surface area contributed by atoms with Gasteiger partial charge in [0.25, 0.3) is 0 Å². The van der Waals surface area contributed by atoms with E-state index >= 15 is 0 Å². The van der Waals surface area contributed by atoms with Gasteiger partial charge < -0.3 is 5.11 Å². The van der Waals surface area contributed by atoms with E-state index in [1.165, 1.54) is 44.1 Å². The van der Waals surface area contributed by atoms with Crippen molar-refractivity contribution in [2.75, 3.05) is 0 Å². The monoisotopic (exact) mass is 396 g/mol. The van der Waals surface area contributed by atoms with Crippen molar-refractivity contribution in [1.82, 2.24) is 9.97 Å². The van der Waals surface area contributed by atoms with Gasteiger partial charge in [-0.25, -0.2) is 14.8 Å². The van der Waals surface area contributed by atoms with Crippen molar-refractivity contribution in [3.63, 3.8) is 0 Å². The summed E-state index contributed by atoms with van der Waals surface area (Å²) in [5.74, 6) is -0.627. The fourth-order valence-electron chi connectivity index (χ4n) is 3.65. The lowest BCUT2D eigenvalue weighted by Crippen LogP contribution is -2.09. The van der Waals surface area contributed by atoms with Crippen LogP contribution in [-0.2, 0) is 12.8 Å². The summed E-state index contributed by atoms with van der Waals surface area (Å²) in [7, 11) is 0. The molecule has 0 aliphatic carbocycles.